The Morgan fingerprint density at radius 2 is 1.70 bits per heavy atom. The van der Waals surface area contributed by atoms with Gasteiger partial charge in [-0.2, -0.15) is 4.31 Å². The molecule has 0 N–H and O–H groups in total. The molecule has 138 valence electrons. The SMILES string of the molecule is O=c1c(C=Nc2ccc(S(=O)(=O)N3CCCC3)cc2)coc2ccccc12. The molecule has 7 heteroatoms. The first-order chi connectivity index (χ1) is 13.1. The van der Waals surface area contributed by atoms with Crippen LogP contribution < -0.4 is 5.43 Å². The molecular weight excluding hydrogens is 364 g/mol. The zero-order valence-electron chi connectivity index (χ0n) is 14.5. The summed E-state index contributed by atoms with van der Waals surface area (Å²) in [5, 5.41) is 0.494. The largest absolute Gasteiger partial charge is 0.463 e. The van der Waals surface area contributed by atoms with Crippen LogP contribution in [0.3, 0.4) is 0 Å². The lowest BCUT2D eigenvalue weighted by molar-refractivity contribution is 0.477. The van der Waals surface area contributed by atoms with E-state index in [1.807, 2.05) is 0 Å². The predicted octanol–water partition coefficient (Wildman–Crippen LogP) is 3.33. The van der Waals surface area contributed by atoms with E-state index in [4.69, 9.17) is 4.42 Å². The molecule has 0 atom stereocenters. The van der Waals surface area contributed by atoms with Gasteiger partial charge in [0, 0.05) is 19.3 Å². The summed E-state index contributed by atoms with van der Waals surface area (Å²) in [6, 6.07) is 13.4. The normalized spacial score (nSPS) is 15.7. The summed E-state index contributed by atoms with van der Waals surface area (Å²) in [7, 11) is -3.44. The van der Waals surface area contributed by atoms with Gasteiger partial charge in [-0.25, -0.2) is 8.42 Å². The molecule has 2 heterocycles. The number of benzene rings is 2. The van der Waals surface area contributed by atoms with Gasteiger partial charge in [-0.05, 0) is 49.2 Å². The number of hydrogen-bond donors (Lipinski definition) is 0. The zero-order chi connectivity index (χ0) is 18.9. The van der Waals surface area contributed by atoms with Crippen LogP contribution in [-0.2, 0) is 10.0 Å². The summed E-state index contributed by atoms with van der Waals surface area (Å²) in [6.45, 7) is 1.14. The lowest BCUT2D eigenvalue weighted by Gasteiger charge is -2.15. The van der Waals surface area contributed by atoms with E-state index < -0.39 is 10.0 Å². The van der Waals surface area contributed by atoms with Crippen LogP contribution in [0.15, 0.2) is 73.9 Å². The highest BCUT2D eigenvalue weighted by molar-refractivity contribution is 7.89. The summed E-state index contributed by atoms with van der Waals surface area (Å²) in [5.74, 6) is 0. The molecule has 0 radical (unpaired) electrons. The second-order valence-corrected chi connectivity index (χ2v) is 8.32. The van der Waals surface area contributed by atoms with Crippen LogP contribution in [0.2, 0.25) is 0 Å². The molecular formula is C20H18N2O4S. The average Bonchev–Trinajstić information content (AvgIpc) is 3.24. The quantitative estimate of drug-likeness (QED) is 0.648. The average molecular weight is 382 g/mol. The standard InChI is InChI=1S/C20H18N2O4S/c23-20-15(14-26-19-6-2-1-5-18(19)20)13-21-16-7-9-17(10-8-16)27(24,25)22-11-3-4-12-22/h1-2,5-10,13-14H,3-4,11-12H2. The molecule has 6 nitrogen and oxygen atoms in total. The Kier molecular flexibility index (Phi) is 4.63. The number of fused-ring (bicyclic) bond motifs is 1. The fraction of sp³-hybridized carbons (Fsp3) is 0.200. The first kappa shape index (κ1) is 17.6. The molecule has 0 unspecified atom stereocenters. The van der Waals surface area contributed by atoms with E-state index >= 15 is 0 Å². The first-order valence-corrected chi connectivity index (χ1v) is 10.1. The van der Waals surface area contributed by atoms with Crippen molar-refractivity contribution in [1.29, 1.82) is 0 Å². The fourth-order valence-corrected chi connectivity index (χ4v) is 4.62. The minimum absolute atomic E-state index is 0.158. The molecule has 0 amide bonds. The summed E-state index contributed by atoms with van der Waals surface area (Å²) in [6.07, 6.45) is 4.61. The molecule has 1 saturated heterocycles. The van der Waals surface area contributed by atoms with Crippen LogP contribution in [0.25, 0.3) is 11.0 Å². The summed E-state index contributed by atoms with van der Waals surface area (Å²) in [4.78, 5) is 17.0. The highest BCUT2D eigenvalue weighted by atomic mass is 32.2. The maximum Gasteiger partial charge on any atom is 0.243 e. The predicted molar refractivity (Wildman–Crippen MR) is 104 cm³/mol. The van der Waals surface area contributed by atoms with Crippen LogP contribution >= 0.6 is 0 Å². The van der Waals surface area contributed by atoms with Crippen LogP contribution in [0.5, 0.6) is 0 Å². The molecule has 27 heavy (non-hydrogen) atoms. The molecule has 0 aliphatic carbocycles. The van der Waals surface area contributed by atoms with E-state index in [2.05, 4.69) is 4.99 Å². The molecule has 0 bridgehead atoms. The van der Waals surface area contributed by atoms with Gasteiger partial charge < -0.3 is 4.42 Å². The van der Waals surface area contributed by atoms with Crippen LogP contribution in [-0.4, -0.2) is 32.0 Å². The maximum absolute atomic E-state index is 12.5. The molecule has 1 aromatic heterocycles. The number of para-hydroxylation sites is 1. The Labute approximate surface area is 156 Å². The monoisotopic (exact) mass is 382 g/mol. The van der Waals surface area contributed by atoms with Crippen molar-refractivity contribution in [3.63, 3.8) is 0 Å². The van der Waals surface area contributed by atoms with Gasteiger partial charge in [0.1, 0.15) is 11.8 Å². The van der Waals surface area contributed by atoms with Gasteiger partial charge in [0.2, 0.25) is 15.5 Å². The minimum Gasteiger partial charge on any atom is -0.463 e. The van der Waals surface area contributed by atoms with Gasteiger partial charge in [-0.3, -0.25) is 9.79 Å². The highest BCUT2D eigenvalue weighted by Crippen LogP contribution is 2.23. The van der Waals surface area contributed by atoms with Crippen molar-refractivity contribution in [1.82, 2.24) is 4.31 Å². The van der Waals surface area contributed by atoms with Gasteiger partial charge in [-0.1, -0.05) is 12.1 Å². The molecule has 1 aliphatic heterocycles. The second-order valence-electron chi connectivity index (χ2n) is 6.38. The third kappa shape index (κ3) is 3.43. The van der Waals surface area contributed by atoms with Crippen LogP contribution in [0.1, 0.15) is 18.4 Å². The Balaban J connectivity index is 1.58. The lowest BCUT2D eigenvalue weighted by atomic mass is 10.2. The van der Waals surface area contributed by atoms with Gasteiger partial charge >= 0.3 is 0 Å². The molecule has 1 fully saturated rings. The zero-order valence-corrected chi connectivity index (χ0v) is 15.4. The van der Waals surface area contributed by atoms with E-state index in [1.165, 1.54) is 16.8 Å². The summed E-state index contributed by atoms with van der Waals surface area (Å²) in [5.41, 5.74) is 1.26. The molecule has 2 aromatic carbocycles. The molecule has 0 spiro atoms. The third-order valence-corrected chi connectivity index (χ3v) is 6.51. The molecule has 1 aliphatic rings. The van der Waals surface area contributed by atoms with Crippen molar-refractivity contribution in [2.45, 2.75) is 17.7 Å². The maximum atomic E-state index is 12.5. The van der Waals surface area contributed by atoms with Gasteiger partial charge in [0.15, 0.2) is 0 Å². The lowest BCUT2D eigenvalue weighted by Crippen LogP contribution is -2.27. The fourth-order valence-electron chi connectivity index (χ4n) is 3.11. The van der Waals surface area contributed by atoms with Crippen molar-refractivity contribution < 1.29 is 12.8 Å². The Morgan fingerprint density at radius 3 is 2.44 bits per heavy atom. The van der Waals surface area contributed by atoms with E-state index in [-0.39, 0.29) is 10.3 Å². The van der Waals surface area contributed by atoms with Crippen molar-refractivity contribution in [2.75, 3.05) is 13.1 Å². The summed E-state index contributed by atoms with van der Waals surface area (Å²) < 4.78 is 32.0. The molecule has 3 aromatic rings. The van der Waals surface area contributed by atoms with E-state index in [0.29, 0.717) is 35.3 Å². The van der Waals surface area contributed by atoms with Crippen molar-refractivity contribution in [3.05, 3.63) is 70.6 Å². The third-order valence-electron chi connectivity index (χ3n) is 4.60. The number of nitrogens with zero attached hydrogens (tertiary/aromatic N) is 2. The Morgan fingerprint density at radius 1 is 1.00 bits per heavy atom. The van der Waals surface area contributed by atoms with Crippen molar-refractivity contribution in [2.24, 2.45) is 4.99 Å². The van der Waals surface area contributed by atoms with Crippen LogP contribution in [0.4, 0.5) is 5.69 Å². The van der Waals surface area contributed by atoms with E-state index in [9.17, 15) is 13.2 Å². The van der Waals surface area contributed by atoms with E-state index in [1.54, 1.807) is 48.5 Å². The number of rotatable bonds is 4. The number of hydrogen-bond acceptors (Lipinski definition) is 5. The van der Waals surface area contributed by atoms with Crippen molar-refractivity contribution in [3.8, 4) is 0 Å². The first-order valence-electron chi connectivity index (χ1n) is 8.70. The topological polar surface area (TPSA) is 80.0 Å². The smallest absolute Gasteiger partial charge is 0.243 e. The number of sulfonamides is 1. The minimum atomic E-state index is -3.44. The van der Waals surface area contributed by atoms with E-state index in [0.717, 1.165) is 12.8 Å². The number of aliphatic imine (C=N–C) groups is 1. The highest BCUT2D eigenvalue weighted by Gasteiger charge is 2.26. The Hall–Kier alpha value is -2.77. The van der Waals surface area contributed by atoms with Gasteiger partial charge in [-0.15, -0.1) is 0 Å². The molecule has 4 rings (SSSR count). The second kappa shape index (κ2) is 7.09. The molecule has 0 saturated carbocycles. The van der Waals surface area contributed by atoms with Crippen molar-refractivity contribution >= 4 is 32.9 Å². The van der Waals surface area contributed by atoms with Crippen LogP contribution in [0, 0.1) is 0 Å². The summed E-state index contributed by atoms with van der Waals surface area (Å²) >= 11 is 0. The Bertz CT molecular complexity index is 1160. The van der Waals surface area contributed by atoms with Gasteiger partial charge in [0.05, 0.1) is 21.5 Å². The van der Waals surface area contributed by atoms with Gasteiger partial charge in [0.25, 0.3) is 0 Å².